The zero-order valence-corrected chi connectivity index (χ0v) is 16.3. The molecule has 2 aromatic carbocycles. The quantitative estimate of drug-likeness (QED) is 0.773. The van der Waals surface area contributed by atoms with E-state index in [1.807, 2.05) is 25.1 Å². The first-order chi connectivity index (χ1) is 12.5. The van der Waals surface area contributed by atoms with E-state index in [2.05, 4.69) is 30.1 Å². The fourth-order valence-electron chi connectivity index (χ4n) is 2.87. The van der Waals surface area contributed by atoms with Crippen molar-refractivity contribution in [2.45, 2.75) is 27.3 Å². The highest BCUT2D eigenvalue weighted by molar-refractivity contribution is 6.05. The summed E-state index contributed by atoms with van der Waals surface area (Å²) in [6.07, 6.45) is 0. The molecule has 26 heavy (non-hydrogen) atoms. The van der Waals surface area contributed by atoms with Crippen LogP contribution in [0.4, 0.5) is 5.69 Å². The van der Waals surface area contributed by atoms with Gasteiger partial charge < -0.3 is 14.8 Å². The highest BCUT2D eigenvalue weighted by Gasteiger charge is 2.14. The number of hydrogen-bond donors (Lipinski definition) is 1. The molecule has 1 amide bonds. The molecule has 0 aliphatic heterocycles. The second kappa shape index (κ2) is 9.25. The molecule has 0 fully saturated rings. The molecule has 2 rings (SSSR count). The zero-order valence-electron chi connectivity index (χ0n) is 16.3. The normalized spacial score (nSPS) is 10.7. The molecule has 0 aliphatic rings. The summed E-state index contributed by atoms with van der Waals surface area (Å²) in [6, 6.07) is 11.4. The Morgan fingerprint density at radius 2 is 1.65 bits per heavy atom. The summed E-state index contributed by atoms with van der Waals surface area (Å²) in [5.41, 5.74) is 3.31. The van der Waals surface area contributed by atoms with E-state index in [1.165, 1.54) is 5.56 Å². The summed E-state index contributed by atoms with van der Waals surface area (Å²) in [5.74, 6) is 1.07. The van der Waals surface area contributed by atoms with Crippen LogP contribution in [-0.4, -0.2) is 38.1 Å². The van der Waals surface area contributed by atoms with E-state index in [0.717, 1.165) is 30.9 Å². The highest BCUT2D eigenvalue weighted by atomic mass is 16.5. The molecule has 0 saturated carbocycles. The number of carbonyl (C=O) groups excluding carboxylic acids is 1. The van der Waals surface area contributed by atoms with E-state index in [-0.39, 0.29) is 5.91 Å². The van der Waals surface area contributed by atoms with Gasteiger partial charge in [-0.1, -0.05) is 26.0 Å². The number of ether oxygens (including phenoxy) is 2. The monoisotopic (exact) mass is 356 g/mol. The number of nitrogens with zero attached hydrogens (tertiary/aromatic N) is 1. The molecule has 0 heterocycles. The Morgan fingerprint density at radius 3 is 2.19 bits per heavy atom. The maximum Gasteiger partial charge on any atom is 0.255 e. The van der Waals surface area contributed by atoms with Gasteiger partial charge in [-0.25, -0.2) is 0 Å². The summed E-state index contributed by atoms with van der Waals surface area (Å²) < 4.78 is 10.7. The Morgan fingerprint density at radius 1 is 1.04 bits per heavy atom. The molecule has 5 heteroatoms. The number of amides is 1. The minimum Gasteiger partial charge on any atom is -0.496 e. The Balaban J connectivity index is 2.20. The van der Waals surface area contributed by atoms with Crippen molar-refractivity contribution in [3.8, 4) is 11.5 Å². The van der Waals surface area contributed by atoms with Crippen LogP contribution in [0.5, 0.6) is 11.5 Å². The lowest BCUT2D eigenvalue weighted by molar-refractivity contribution is 0.102. The smallest absolute Gasteiger partial charge is 0.255 e. The fourth-order valence-corrected chi connectivity index (χ4v) is 2.87. The lowest BCUT2D eigenvalue weighted by Crippen LogP contribution is -2.22. The Kier molecular flexibility index (Phi) is 7.04. The molecule has 5 nitrogen and oxygen atoms in total. The predicted molar refractivity (Wildman–Crippen MR) is 105 cm³/mol. The van der Waals surface area contributed by atoms with E-state index in [9.17, 15) is 4.79 Å². The van der Waals surface area contributed by atoms with Crippen molar-refractivity contribution in [1.82, 2.24) is 4.90 Å². The van der Waals surface area contributed by atoms with Crippen molar-refractivity contribution in [1.29, 1.82) is 0 Å². The molecule has 0 unspecified atom stereocenters. The maximum absolute atomic E-state index is 12.7. The highest BCUT2D eigenvalue weighted by Crippen LogP contribution is 2.29. The van der Waals surface area contributed by atoms with Gasteiger partial charge in [-0.3, -0.25) is 9.69 Å². The van der Waals surface area contributed by atoms with Crippen LogP contribution in [0.2, 0.25) is 0 Å². The van der Waals surface area contributed by atoms with Crippen LogP contribution in [0.3, 0.4) is 0 Å². The minimum atomic E-state index is -0.193. The van der Waals surface area contributed by atoms with Gasteiger partial charge in [-0.05, 0) is 49.8 Å². The molecule has 0 bridgehead atoms. The van der Waals surface area contributed by atoms with Gasteiger partial charge in [0, 0.05) is 23.4 Å². The van der Waals surface area contributed by atoms with Crippen molar-refractivity contribution >= 4 is 11.6 Å². The van der Waals surface area contributed by atoms with Gasteiger partial charge in [0.05, 0.1) is 14.2 Å². The van der Waals surface area contributed by atoms with Crippen LogP contribution in [0.25, 0.3) is 0 Å². The molecular weight excluding hydrogens is 328 g/mol. The second-order valence-electron chi connectivity index (χ2n) is 6.12. The van der Waals surface area contributed by atoms with E-state index in [1.54, 1.807) is 26.4 Å². The molecule has 0 atom stereocenters. The number of anilines is 1. The summed E-state index contributed by atoms with van der Waals surface area (Å²) >= 11 is 0. The maximum atomic E-state index is 12.7. The van der Waals surface area contributed by atoms with Crippen molar-refractivity contribution in [3.05, 3.63) is 53.1 Å². The summed E-state index contributed by atoms with van der Waals surface area (Å²) in [7, 11) is 3.17. The largest absolute Gasteiger partial charge is 0.496 e. The van der Waals surface area contributed by atoms with Crippen LogP contribution in [-0.2, 0) is 6.54 Å². The SMILES string of the molecule is CCN(CC)Cc1cccc(NC(=O)c2cc(OC)c(C)c(OC)c2)c1. The molecule has 0 aromatic heterocycles. The topological polar surface area (TPSA) is 50.8 Å². The number of rotatable bonds is 8. The minimum absolute atomic E-state index is 0.193. The third-order valence-electron chi connectivity index (χ3n) is 4.50. The number of carbonyl (C=O) groups is 1. The summed E-state index contributed by atoms with van der Waals surface area (Å²) in [6.45, 7) is 9.05. The molecule has 140 valence electrons. The number of nitrogens with one attached hydrogen (secondary N) is 1. The Labute approximate surface area is 155 Å². The molecule has 0 aliphatic carbocycles. The number of hydrogen-bond acceptors (Lipinski definition) is 4. The number of methoxy groups -OCH3 is 2. The number of benzene rings is 2. The molecule has 0 spiro atoms. The van der Waals surface area contributed by atoms with E-state index < -0.39 is 0 Å². The average molecular weight is 356 g/mol. The van der Waals surface area contributed by atoms with Gasteiger partial charge in [0.2, 0.25) is 0 Å². The van der Waals surface area contributed by atoms with Gasteiger partial charge in [0.1, 0.15) is 11.5 Å². The van der Waals surface area contributed by atoms with Gasteiger partial charge >= 0.3 is 0 Å². The van der Waals surface area contributed by atoms with Crippen LogP contribution in [0.1, 0.15) is 35.3 Å². The van der Waals surface area contributed by atoms with Gasteiger partial charge in [0.15, 0.2) is 0 Å². The third kappa shape index (κ3) is 4.76. The van der Waals surface area contributed by atoms with E-state index in [0.29, 0.717) is 17.1 Å². The van der Waals surface area contributed by atoms with Gasteiger partial charge in [0.25, 0.3) is 5.91 Å². The molecule has 0 radical (unpaired) electrons. The van der Waals surface area contributed by atoms with Crippen LogP contribution in [0.15, 0.2) is 36.4 Å². The first-order valence-electron chi connectivity index (χ1n) is 8.87. The van der Waals surface area contributed by atoms with Crippen molar-refractivity contribution in [2.75, 3.05) is 32.6 Å². The second-order valence-corrected chi connectivity index (χ2v) is 6.12. The van der Waals surface area contributed by atoms with Crippen molar-refractivity contribution in [2.24, 2.45) is 0 Å². The molecule has 0 saturated heterocycles. The van der Waals surface area contributed by atoms with Crippen molar-refractivity contribution < 1.29 is 14.3 Å². The fraction of sp³-hybridized carbons (Fsp3) is 0.381. The Hall–Kier alpha value is -2.53. The lowest BCUT2D eigenvalue weighted by Gasteiger charge is -2.18. The summed E-state index contributed by atoms with van der Waals surface area (Å²) in [5, 5.41) is 2.96. The van der Waals surface area contributed by atoms with Gasteiger partial charge in [-0.15, -0.1) is 0 Å². The van der Waals surface area contributed by atoms with Crippen LogP contribution >= 0.6 is 0 Å². The summed E-state index contributed by atoms with van der Waals surface area (Å²) in [4.78, 5) is 15.0. The zero-order chi connectivity index (χ0) is 19.1. The molecular formula is C21H28N2O3. The van der Waals surface area contributed by atoms with Crippen LogP contribution < -0.4 is 14.8 Å². The lowest BCUT2D eigenvalue weighted by atomic mass is 10.1. The average Bonchev–Trinajstić information content (AvgIpc) is 2.66. The van der Waals surface area contributed by atoms with Gasteiger partial charge in [-0.2, -0.15) is 0 Å². The molecule has 1 N–H and O–H groups in total. The first kappa shape index (κ1) is 19.8. The van der Waals surface area contributed by atoms with E-state index >= 15 is 0 Å². The van der Waals surface area contributed by atoms with Crippen LogP contribution in [0, 0.1) is 6.92 Å². The third-order valence-corrected chi connectivity index (χ3v) is 4.50. The standard InChI is InChI=1S/C21H28N2O3/c1-6-23(7-2)14-16-9-8-10-18(11-16)22-21(24)17-12-19(25-4)15(3)20(13-17)26-5/h8-13H,6-7,14H2,1-5H3,(H,22,24). The Bertz CT molecular complexity index is 730. The van der Waals surface area contributed by atoms with Crippen molar-refractivity contribution in [3.63, 3.8) is 0 Å². The predicted octanol–water partition coefficient (Wildman–Crippen LogP) is 4.11. The molecule has 2 aromatic rings. The van der Waals surface area contributed by atoms with E-state index in [4.69, 9.17) is 9.47 Å². The first-order valence-corrected chi connectivity index (χ1v) is 8.87.